The molecule has 0 saturated carbocycles. The van der Waals surface area contributed by atoms with E-state index in [9.17, 15) is 22.8 Å². The number of hydrogen-bond acceptors (Lipinski definition) is 9. The zero-order valence-corrected chi connectivity index (χ0v) is 22.8. The zero-order chi connectivity index (χ0) is 30.3. The summed E-state index contributed by atoms with van der Waals surface area (Å²) in [6.07, 6.45) is -4.79. The van der Waals surface area contributed by atoms with E-state index in [0.717, 1.165) is 17.7 Å². The third-order valence-corrected chi connectivity index (χ3v) is 5.44. The van der Waals surface area contributed by atoms with Gasteiger partial charge in [0.2, 0.25) is 17.6 Å². The molecule has 4 aromatic rings. The van der Waals surface area contributed by atoms with E-state index >= 15 is 0 Å². The largest absolute Gasteiger partial charge is 0.459 e. The number of amides is 1. The van der Waals surface area contributed by atoms with Gasteiger partial charge in [-0.05, 0) is 56.7 Å². The van der Waals surface area contributed by atoms with Crippen molar-refractivity contribution in [3.8, 4) is 23.0 Å². The number of esters is 1. The molecule has 0 spiro atoms. The first-order chi connectivity index (χ1) is 19.9. The van der Waals surface area contributed by atoms with Gasteiger partial charge in [0.1, 0.15) is 24.0 Å². The van der Waals surface area contributed by atoms with Crippen molar-refractivity contribution in [3.05, 3.63) is 89.9 Å². The number of alkyl carbamates (subject to hydrolysis) is 1. The molecule has 10 nitrogen and oxygen atoms in total. The number of rotatable bonds is 9. The van der Waals surface area contributed by atoms with Crippen molar-refractivity contribution in [2.75, 3.05) is 0 Å². The highest BCUT2D eigenvalue weighted by molar-refractivity contribution is 5.81. The maximum absolute atomic E-state index is 12.9. The number of halogens is 3. The number of carbonyl (C=O) groups excluding carboxylic acids is 2. The van der Waals surface area contributed by atoms with Crippen molar-refractivity contribution in [1.82, 2.24) is 20.4 Å². The van der Waals surface area contributed by atoms with E-state index in [0.29, 0.717) is 17.5 Å². The number of carbonyl (C=O) groups is 2. The van der Waals surface area contributed by atoms with Crippen LogP contribution in [0.15, 0.2) is 77.4 Å². The Morgan fingerprint density at radius 1 is 0.976 bits per heavy atom. The average molecular weight is 585 g/mol. The van der Waals surface area contributed by atoms with Crippen LogP contribution in [0, 0.1) is 0 Å². The molecule has 1 amide bonds. The Hall–Kier alpha value is -4.94. The molecule has 4 rings (SSSR count). The van der Waals surface area contributed by atoms with Crippen molar-refractivity contribution in [3.63, 3.8) is 0 Å². The number of aromatic nitrogens is 3. The number of nitrogens with zero attached hydrogens (tertiary/aromatic N) is 3. The smallest absolute Gasteiger partial charge is 0.417 e. The van der Waals surface area contributed by atoms with E-state index in [-0.39, 0.29) is 30.6 Å². The third-order valence-electron chi connectivity index (χ3n) is 5.44. The Bertz CT molecular complexity index is 1490. The van der Waals surface area contributed by atoms with E-state index in [1.807, 2.05) is 18.2 Å². The molecule has 1 atom stereocenters. The lowest BCUT2D eigenvalue weighted by molar-refractivity contribution is -0.147. The minimum absolute atomic E-state index is 0.00231. The molecule has 0 radical (unpaired) electrons. The van der Waals surface area contributed by atoms with E-state index in [1.54, 1.807) is 57.2 Å². The van der Waals surface area contributed by atoms with Crippen LogP contribution in [0.4, 0.5) is 18.0 Å². The number of hydrogen-bond donors (Lipinski definition) is 1. The topological polar surface area (TPSA) is 126 Å². The maximum atomic E-state index is 12.9. The molecule has 0 aliphatic rings. The predicted molar refractivity (Wildman–Crippen MR) is 142 cm³/mol. The van der Waals surface area contributed by atoms with Crippen LogP contribution in [-0.4, -0.2) is 38.8 Å². The Kier molecular flexibility index (Phi) is 9.09. The predicted octanol–water partition coefficient (Wildman–Crippen LogP) is 6.12. The summed E-state index contributed by atoms with van der Waals surface area (Å²) in [6.45, 7) is 5.07. The first-order valence-corrected chi connectivity index (χ1v) is 12.7. The number of nitrogens with one attached hydrogen (secondary N) is 1. The molecule has 0 saturated heterocycles. The molecule has 0 unspecified atom stereocenters. The summed E-state index contributed by atoms with van der Waals surface area (Å²) in [4.78, 5) is 33.3. The highest BCUT2D eigenvalue weighted by Crippen LogP contribution is 2.30. The van der Waals surface area contributed by atoms with Gasteiger partial charge in [0.15, 0.2) is 0 Å². The van der Waals surface area contributed by atoms with Crippen molar-refractivity contribution < 1.29 is 41.5 Å². The minimum atomic E-state index is -4.50. The minimum Gasteiger partial charge on any atom is -0.459 e. The zero-order valence-electron chi connectivity index (χ0n) is 22.8. The molecule has 0 fully saturated rings. The summed E-state index contributed by atoms with van der Waals surface area (Å²) in [5.74, 6) is -0.171. The van der Waals surface area contributed by atoms with Gasteiger partial charge in [0.25, 0.3) is 0 Å². The van der Waals surface area contributed by atoms with Crippen LogP contribution < -0.4 is 10.1 Å². The van der Waals surface area contributed by atoms with Gasteiger partial charge in [-0.2, -0.15) is 18.2 Å². The van der Waals surface area contributed by atoms with Gasteiger partial charge in [-0.3, -0.25) is 0 Å². The lowest BCUT2D eigenvalue weighted by Gasteiger charge is -2.22. The van der Waals surface area contributed by atoms with Crippen LogP contribution in [0.5, 0.6) is 11.6 Å². The summed E-state index contributed by atoms with van der Waals surface area (Å²) < 4.78 is 59.7. The van der Waals surface area contributed by atoms with Crippen LogP contribution in [0.25, 0.3) is 11.4 Å². The van der Waals surface area contributed by atoms with Gasteiger partial charge in [0, 0.05) is 17.8 Å². The second-order valence-corrected chi connectivity index (χ2v) is 10.0. The quantitative estimate of drug-likeness (QED) is 0.232. The summed E-state index contributed by atoms with van der Waals surface area (Å²) in [6, 6.07) is 16.2. The lowest BCUT2D eigenvalue weighted by atomic mass is 10.2. The van der Waals surface area contributed by atoms with Crippen molar-refractivity contribution in [2.45, 2.75) is 51.6 Å². The Balaban J connectivity index is 1.42. The van der Waals surface area contributed by atoms with Gasteiger partial charge in [-0.15, -0.1) is 0 Å². The fraction of sp³-hybridized carbons (Fsp3) is 0.276. The first kappa shape index (κ1) is 30.0. The van der Waals surface area contributed by atoms with Gasteiger partial charge in [-0.1, -0.05) is 35.5 Å². The fourth-order valence-electron chi connectivity index (χ4n) is 3.50. The summed E-state index contributed by atoms with van der Waals surface area (Å²) in [7, 11) is 0. The number of benzene rings is 2. The molecule has 0 aliphatic heterocycles. The van der Waals surface area contributed by atoms with E-state index in [2.05, 4.69) is 20.4 Å². The molecule has 0 aliphatic carbocycles. The first-order valence-electron chi connectivity index (χ1n) is 12.7. The fourth-order valence-corrected chi connectivity index (χ4v) is 3.50. The SMILES string of the molecule is CC(C)(C)OC(=O)N[C@@H](Cc1nc(-c2ccc(Oc3ccc(C(F)(F)F)cn3)cc2)no1)C(=O)OCc1ccccc1. The molecule has 2 aromatic carbocycles. The standard InChI is InChI=1S/C29H27F3N4O6/c1-28(2,3)41-27(38)34-22(26(37)39-17-18-7-5-4-6-8-18)15-24-35-25(36-42-24)19-9-12-21(13-10-19)40-23-14-11-20(16-33-23)29(30,31)32/h4-14,16,22H,15,17H2,1-3H3,(H,34,38)/t22-/m0/s1. The normalized spacial score (nSPS) is 12.3. The van der Waals surface area contributed by atoms with E-state index in [4.69, 9.17) is 18.7 Å². The van der Waals surface area contributed by atoms with Gasteiger partial charge in [-0.25, -0.2) is 14.6 Å². The van der Waals surface area contributed by atoms with Crippen LogP contribution >= 0.6 is 0 Å². The number of pyridine rings is 1. The number of alkyl halides is 3. The highest BCUT2D eigenvalue weighted by atomic mass is 19.4. The Morgan fingerprint density at radius 3 is 2.31 bits per heavy atom. The summed E-state index contributed by atoms with van der Waals surface area (Å²) >= 11 is 0. The molecular weight excluding hydrogens is 557 g/mol. The molecule has 0 bridgehead atoms. The van der Waals surface area contributed by atoms with E-state index < -0.39 is 35.4 Å². The van der Waals surface area contributed by atoms with Crippen molar-refractivity contribution in [2.24, 2.45) is 0 Å². The monoisotopic (exact) mass is 584 g/mol. The van der Waals surface area contributed by atoms with E-state index in [1.165, 1.54) is 0 Å². The van der Waals surface area contributed by atoms with Crippen LogP contribution in [0.2, 0.25) is 0 Å². The Labute approximate surface area is 238 Å². The second-order valence-electron chi connectivity index (χ2n) is 10.0. The molecule has 220 valence electrons. The molecule has 1 N–H and O–H groups in total. The summed E-state index contributed by atoms with van der Waals surface area (Å²) in [5.41, 5.74) is -0.380. The summed E-state index contributed by atoms with van der Waals surface area (Å²) in [5, 5.41) is 6.44. The van der Waals surface area contributed by atoms with Crippen LogP contribution in [0.1, 0.15) is 37.8 Å². The molecule has 2 aromatic heterocycles. The Morgan fingerprint density at radius 2 is 1.69 bits per heavy atom. The van der Waals surface area contributed by atoms with Crippen molar-refractivity contribution >= 4 is 12.1 Å². The average Bonchev–Trinajstić information content (AvgIpc) is 3.40. The molecule has 13 heteroatoms. The molecule has 42 heavy (non-hydrogen) atoms. The van der Waals surface area contributed by atoms with Crippen LogP contribution in [0.3, 0.4) is 0 Å². The number of ether oxygens (including phenoxy) is 3. The highest BCUT2D eigenvalue weighted by Gasteiger charge is 2.31. The van der Waals surface area contributed by atoms with Gasteiger partial charge in [0.05, 0.1) is 12.0 Å². The molecule has 2 heterocycles. The molecular formula is C29H27F3N4O6. The third kappa shape index (κ3) is 8.78. The van der Waals surface area contributed by atoms with Crippen LogP contribution in [-0.2, 0) is 33.5 Å². The van der Waals surface area contributed by atoms with Gasteiger partial charge >= 0.3 is 18.2 Å². The van der Waals surface area contributed by atoms with Crippen molar-refractivity contribution in [1.29, 1.82) is 0 Å². The maximum Gasteiger partial charge on any atom is 0.417 e. The second kappa shape index (κ2) is 12.7. The van der Waals surface area contributed by atoms with Gasteiger partial charge < -0.3 is 24.1 Å². The lowest BCUT2D eigenvalue weighted by Crippen LogP contribution is -2.45.